The maximum atomic E-state index is 11.2. The van der Waals surface area contributed by atoms with Crippen molar-refractivity contribution in [3.05, 3.63) is 58.8 Å². The number of hydrogen-bond donors (Lipinski definition) is 1. The first-order valence-electron chi connectivity index (χ1n) is 7.50. The summed E-state index contributed by atoms with van der Waals surface area (Å²) >= 11 is 1.27. The number of nitro groups is 1. The second kappa shape index (κ2) is 6.15. The Labute approximate surface area is 151 Å². The zero-order chi connectivity index (χ0) is 18.3. The van der Waals surface area contributed by atoms with E-state index in [9.17, 15) is 10.1 Å². The molecule has 3 heterocycles. The fraction of sp³-hybridized carbons (Fsp3) is 0.0625. The summed E-state index contributed by atoms with van der Waals surface area (Å²) in [5, 5.41) is 21.1. The lowest BCUT2D eigenvalue weighted by Gasteiger charge is -2.06. The summed E-state index contributed by atoms with van der Waals surface area (Å²) < 4.78 is 6.65. The van der Waals surface area contributed by atoms with Crippen molar-refractivity contribution >= 4 is 28.2 Å². The quantitative estimate of drug-likeness (QED) is 0.331. The van der Waals surface area contributed by atoms with Crippen molar-refractivity contribution in [3.8, 4) is 11.4 Å². The van der Waals surface area contributed by atoms with Crippen LogP contribution in [0.5, 0.6) is 0 Å². The number of non-ortho nitro benzene ring substituents is 1. The number of aryl methyl sites for hydroxylation is 1. The second-order valence-corrected chi connectivity index (χ2v) is 6.44. The van der Waals surface area contributed by atoms with Gasteiger partial charge >= 0.3 is 0 Å². The minimum Gasteiger partial charge on any atom is -0.469 e. The fourth-order valence-corrected chi connectivity index (χ4v) is 3.53. The Kier molecular flexibility index (Phi) is 3.81. The highest BCUT2D eigenvalue weighted by Gasteiger charge is 2.19. The predicted octanol–water partition coefficient (Wildman–Crippen LogP) is 3.17. The molecule has 0 saturated carbocycles. The summed E-state index contributed by atoms with van der Waals surface area (Å²) in [7, 11) is 0. The van der Waals surface area contributed by atoms with Gasteiger partial charge in [-0.05, 0) is 36.9 Å². The average molecular weight is 368 g/mol. The maximum absolute atomic E-state index is 11.2. The highest BCUT2D eigenvalue weighted by atomic mass is 32.2. The number of aromatic nitrogens is 4. The van der Waals surface area contributed by atoms with Gasteiger partial charge in [-0.3, -0.25) is 15.1 Å². The molecule has 26 heavy (non-hydrogen) atoms. The monoisotopic (exact) mass is 368 g/mol. The van der Waals surface area contributed by atoms with Crippen molar-refractivity contribution in [1.82, 2.24) is 19.9 Å². The molecule has 130 valence electrons. The zero-order valence-corrected chi connectivity index (χ0v) is 14.3. The van der Waals surface area contributed by atoms with Crippen LogP contribution in [-0.2, 0) is 0 Å². The Bertz CT molecular complexity index is 1140. The van der Waals surface area contributed by atoms with Gasteiger partial charge in [0.15, 0.2) is 5.82 Å². The summed E-state index contributed by atoms with van der Waals surface area (Å²) in [6, 6.07) is 6.61. The molecule has 0 aliphatic heterocycles. The van der Waals surface area contributed by atoms with Gasteiger partial charge in [-0.25, -0.2) is 4.68 Å². The topological polar surface area (TPSA) is 126 Å². The Morgan fingerprint density at radius 2 is 2.08 bits per heavy atom. The molecule has 0 radical (unpaired) electrons. The lowest BCUT2D eigenvalue weighted by atomic mass is 10.1. The van der Waals surface area contributed by atoms with Gasteiger partial charge in [-0.2, -0.15) is 0 Å². The zero-order valence-electron chi connectivity index (χ0n) is 13.5. The average Bonchev–Trinajstić information content (AvgIpc) is 3.21. The van der Waals surface area contributed by atoms with Crippen molar-refractivity contribution in [1.29, 1.82) is 0 Å². The van der Waals surface area contributed by atoms with Crippen molar-refractivity contribution in [2.45, 2.75) is 17.0 Å². The first-order chi connectivity index (χ1) is 12.6. The Hall–Kier alpha value is -3.40. The van der Waals surface area contributed by atoms with E-state index in [0.29, 0.717) is 27.5 Å². The molecular weight excluding hydrogens is 356 g/mol. The van der Waals surface area contributed by atoms with Crippen LogP contribution >= 0.6 is 11.8 Å². The summed E-state index contributed by atoms with van der Waals surface area (Å²) in [5.41, 5.74) is 0.756. The van der Waals surface area contributed by atoms with E-state index in [4.69, 9.17) is 10.3 Å². The van der Waals surface area contributed by atoms with Crippen LogP contribution in [0.4, 0.5) is 5.69 Å². The third-order valence-electron chi connectivity index (χ3n) is 3.92. The van der Waals surface area contributed by atoms with Gasteiger partial charge < -0.3 is 10.3 Å². The van der Waals surface area contributed by atoms with E-state index in [1.807, 2.05) is 6.92 Å². The van der Waals surface area contributed by atoms with Gasteiger partial charge in [-0.1, -0.05) is 0 Å². The standard InChI is InChI=1S/C16H12N6O3S/c1-9-10(5-7-25-9)15-19-20-16(21(15)17)26-14-3-2-13(22(23)24)12-8-18-6-4-11(12)14/h2-8H,17H2,1H3. The third-order valence-corrected chi connectivity index (χ3v) is 4.95. The van der Waals surface area contributed by atoms with Crippen molar-refractivity contribution in [2.75, 3.05) is 5.84 Å². The number of hydrogen-bond acceptors (Lipinski definition) is 8. The molecule has 2 N–H and O–H groups in total. The smallest absolute Gasteiger partial charge is 0.278 e. The number of nitro benzene ring substituents is 1. The lowest BCUT2D eigenvalue weighted by molar-refractivity contribution is -0.383. The maximum Gasteiger partial charge on any atom is 0.278 e. The minimum atomic E-state index is -0.427. The number of nitrogens with zero attached hydrogens (tertiary/aromatic N) is 5. The van der Waals surface area contributed by atoms with E-state index < -0.39 is 4.92 Å². The largest absolute Gasteiger partial charge is 0.469 e. The Morgan fingerprint density at radius 3 is 2.81 bits per heavy atom. The van der Waals surface area contributed by atoms with E-state index in [2.05, 4.69) is 15.2 Å². The van der Waals surface area contributed by atoms with Crippen LogP contribution in [0, 0.1) is 17.0 Å². The Balaban J connectivity index is 1.78. The molecular formula is C16H12N6O3S. The number of benzene rings is 1. The molecule has 0 aliphatic rings. The molecule has 4 aromatic rings. The molecule has 0 spiro atoms. The number of furan rings is 1. The highest BCUT2D eigenvalue weighted by Crippen LogP contribution is 2.36. The van der Waals surface area contributed by atoms with E-state index in [0.717, 1.165) is 10.5 Å². The van der Waals surface area contributed by atoms with Gasteiger partial charge in [0.2, 0.25) is 5.16 Å². The molecule has 1 aromatic carbocycles. The fourth-order valence-electron chi connectivity index (χ4n) is 2.64. The predicted molar refractivity (Wildman–Crippen MR) is 95.1 cm³/mol. The van der Waals surface area contributed by atoms with E-state index in [1.54, 1.807) is 30.7 Å². The SMILES string of the molecule is Cc1occc1-c1nnc(Sc2ccc([N+](=O)[O-])c3cnccc23)n1N. The molecule has 0 atom stereocenters. The Morgan fingerprint density at radius 1 is 1.23 bits per heavy atom. The summed E-state index contributed by atoms with van der Waals surface area (Å²) in [5.74, 6) is 7.31. The van der Waals surface area contributed by atoms with Crippen molar-refractivity contribution in [2.24, 2.45) is 0 Å². The number of nitrogens with two attached hydrogens (primary N) is 1. The molecule has 9 nitrogen and oxygen atoms in total. The number of rotatable bonds is 4. The van der Waals surface area contributed by atoms with Gasteiger partial charge in [0.25, 0.3) is 5.69 Å². The molecule has 0 amide bonds. The normalized spacial score (nSPS) is 11.1. The lowest BCUT2D eigenvalue weighted by Crippen LogP contribution is -2.11. The molecule has 0 saturated heterocycles. The molecule has 3 aromatic heterocycles. The molecule has 0 bridgehead atoms. The van der Waals surface area contributed by atoms with E-state index in [-0.39, 0.29) is 5.69 Å². The molecule has 0 fully saturated rings. The van der Waals surface area contributed by atoms with Gasteiger partial charge in [-0.15, -0.1) is 10.2 Å². The number of fused-ring (bicyclic) bond motifs is 1. The van der Waals surface area contributed by atoms with Crippen LogP contribution in [0.3, 0.4) is 0 Å². The second-order valence-electron chi connectivity index (χ2n) is 5.43. The van der Waals surface area contributed by atoms with E-state index in [1.165, 1.54) is 28.7 Å². The first-order valence-corrected chi connectivity index (χ1v) is 8.32. The van der Waals surface area contributed by atoms with Crippen LogP contribution in [0.1, 0.15) is 5.76 Å². The van der Waals surface area contributed by atoms with Crippen molar-refractivity contribution < 1.29 is 9.34 Å². The minimum absolute atomic E-state index is 0.00127. The van der Waals surface area contributed by atoms with Crippen LogP contribution in [-0.4, -0.2) is 24.8 Å². The summed E-state index contributed by atoms with van der Waals surface area (Å²) in [4.78, 5) is 15.5. The molecule has 4 rings (SSSR count). The van der Waals surface area contributed by atoms with Crippen LogP contribution in [0.15, 0.2) is 57.4 Å². The molecule has 0 unspecified atom stereocenters. The third kappa shape index (κ3) is 2.56. The van der Waals surface area contributed by atoms with E-state index >= 15 is 0 Å². The van der Waals surface area contributed by atoms with Gasteiger partial charge in [0.05, 0.1) is 22.1 Å². The van der Waals surface area contributed by atoms with Gasteiger partial charge in [0, 0.05) is 28.7 Å². The van der Waals surface area contributed by atoms with Gasteiger partial charge in [0.1, 0.15) is 5.76 Å². The first kappa shape index (κ1) is 16.1. The molecule has 10 heteroatoms. The molecule has 0 aliphatic carbocycles. The van der Waals surface area contributed by atoms with Crippen molar-refractivity contribution in [3.63, 3.8) is 0 Å². The highest BCUT2D eigenvalue weighted by molar-refractivity contribution is 7.99. The number of nitrogen functional groups attached to an aromatic ring is 1. The summed E-state index contributed by atoms with van der Waals surface area (Å²) in [6.07, 6.45) is 4.62. The summed E-state index contributed by atoms with van der Waals surface area (Å²) in [6.45, 7) is 1.81. The van der Waals surface area contributed by atoms with Crippen LogP contribution in [0.2, 0.25) is 0 Å². The van der Waals surface area contributed by atoms with Crippen LogP contribution in [0.25, 0.3) is 22.2 Å². The van der Waals surface area contributed by atoms with Crippen LogP contribution < -0.4 is 5.84 Å². The number of pyridine rings is 1.